The van der Waals surface area contributed by atoms with Crippen molar-refractivity contribution in [2.45, 2.75) is 6.17 Å². The Labute approximate surface area is 302 Å². The predicted molar refractivity (Wildman–Crippen MR) is 218 cm³/mol. The van der Waals surface area contributed by atoms with E-state index in [0.717, 1.165) is 56.0 Å². The molecule has 0 radical (unpaired) electrons. The molecule has 246 valence electrons. The summed E-state index contributed by atoms with van der Waals surface area (Å²) in [4.78, 5) is 10.3. The quantitative estimate of drug-likeness (QED) is 0.179. The molecule has 1 aliphatic heterocycles. The Hall–Kier alpha value is -6.91. The maximum atomic E-state index is 5.57. The van der Waals surface area contributed by atoms with Crippen molar-refractivity contribution in [3.63, 3.8) is 0 Å². The number of anilines is 6. The van der Waals surface area contributed by atoms with Crippen LogP contribution in [0.3, 0.4) is 0 Å². The first-order chi connectivity index (χ1) is 25.8. The number of fused-ring (bicyclic) bond motifs is 6. The topological polar surface area (TPSA) is 31.4 Å². The molecule has 10 rings (SSSR count). The molecule has 0 saturated carbocycles. The summed E-state index contributed by atoms with van der Waals surface area (Å²) in [6.07, 6.45) is -0.0802. The first kappa shape index (κ1) is 30.0. The molecule has 1 N–H and O–H groups in total. The first-order valence-electron chi connectivity index (χ1n) is 17.8. The monoisotopic (exact) mass is 666 g/mol. The normalized spacial score (nSPS) is 13.7. The van der Waals surface area contributed by atoms with E-state index >= 15 is 0 Å². The number of nitrogens with zero attached hydrogens (tertiary/aromatic N) is 3. The van der Waals surface area contributed by atoms with Crippen LogP contribution in [0.2, 0.25) is 0 Å². The van der Waals surface area contributed by atoms with Crippen LogP contribution in [0.4, 0.5) is 34.1 Å². The van der Waals surface area contributed by atoms with Gasteiger partial charge in [-0.25, -0.2) is 4.98 Å². The average Bonchev–Trinajstić information content (AvgIpc) is 3.62. The lowest BCUT2D eigenvalue weighted by Crippen LogP contribution is -2.23. The molecule has 52 heavy (non-hydrogen) atoms. The van der Waals surface area contributed by atoms with Crippen LogP contribution in [-0.2, 0) is 0 Å². The largest absolute Gasteiger partial charge is 0.359 e. The van der Waals surface area contributed by atoms with Gasteiger partial charge in [-0.05, 0) is 77.0 Å². The van der Waals surface area contributed by atoms with Crippen LogP contribution >= 0.6 is 0 Å². The molecule has 8 aromatic carbocycles. The number of benzene rings is 8. The maximum Gasteiger partial charge on any atom is 0.130 e. The highest BCUT2D eigenvalue weighted by Crippen LogP contribution is 2.48. The molecule has 4 nitrogen and oxygen atoms in total. The van der Waals surface area contributed by atoms with Crippen molar-refractivity contribution < 1.29 is 0 Å². The molecular weight excluding hydrogens is 633 g/mol. The van der Waals surface area contributed by atoms with Gasteiger partial charge in [-0.2, -0.15) is 0 Å². The molecule has 2 heterocycles. The van der Waals surface area contributed by atoms with Crippen LogP contribution in [0, 0.1) is 0 Å². The minimum Gasteiger partial charge on any atom is -0.359 e. The molecular formula is C48H34N4. The van der Waals surface area contributed by atoms with E-state index < -0.39 is 0 Å². The van der Waals surface area contributed by atoms with Gasteiger partial charge in [0.05, 0.1) is 28.3 Å². The Morgan fingerprint density at radius 1 is 0.519 bits per heavy atom. The third-order valence-corrected chi connectivity index (χ3v) is 10.2. The zero-order valence-electron chi connectivity index (χ0n) is 28.4. The third kappa shape index (κ3) is 4.96. The third-order valence-electron chi connectivity index (χ3n) is 10.2. The number of hydrogen-bond acceptors (Lipinski definition) is 4. The molecule has 0 bridgehead atoms. The lowest BCUT2D eigenvalue weighted by molar-refractivity contribution is 0.830. The van der Waals surface area contributed by atoms with Gasteiger partial charge in [-0.1, -0.05) is 133 Å². The second kappa shape index (κ2) is 12.4. The fraction of sp³-hybridized carbons (Fsp3) is 0.0208. The molecule has 0 spiro atoms. The van der Waals surface area contributed by atoms with Gasteiger partial charge in [0.15, 0.2) is 0 Å². The van der Waals surface area contributed by atoms with E-state index in [2.05, 4.69) is 209 Å². The molecule has 9 aromatic rings. The minimum atomic E-state index is -0.0802. The van der Waals surface area contributed by atoms with Crippen LogP contribution in [0.15, 0.2) is 194 Å². The van der Waals surface area contributed by atoms with Crippen molar-refractivity contribution in [1.29, 1.82) is 0 Å². The Morgan fingerprint density at radius 2 is 1.15 bits per heavy atom. The van der Waals surface area contributed by atoms with E-state index in [0.29, 0.717) is 0 Å². The Kier molecular flexibility index (Phi) is 7.17. The molecule has 0 fully saturated rings. The fourth-order valence-electron chi connectivity index (χ4n) is 7.86. The number of pyridine rings is 1. The van der Waals surface area contributed by atoms with E-state index in [9.17, 15) is 0 Å². The highest BCUT2D eigenvalue weighted by molar-refractivity contribution is 6.24. The Balaban J connectivity index is 1.26. The summed E-state index contributed by atoms with van der Waals surface area (Å²) in [6, 6.07) is 69.1. The molecule has 0 amide bonds. The molecule has 1 aromatic heterocycles. The number of rotatable bonds is 6. The molecule has 1 unspecified atom stereocenters. The van der Waals surface area contributed by atoms with E-state index in [1.807, 2.05) is 0 Å². The van der Waals surface area contributed by atoms with Crippen LogP contribution in [0.1, 0.15) is 11.7 Å². The second-order valence-electron chi connectivity index (χ2n) is 13.2. The van der Waals surface area contributed by atoms with E-state index in [4.69, 9.17) is 4.98 Å². The molecule has 0 saturated heterocycles. The van der Waals surface area contributed by atoms with Crippen LogP contribution in [0.5, 0.6) is 0 Å². The maximum absolute atomic E-state index is 5.57. The summed E-state index contributed by atoms with van der Waals surface area (Å²) in [5.74, 6) is 0. The zero-order valence-corrected chi connectivity index (χ0v) is 28.4. The summed E-state index contributed by atoms with van der Waals surface area (Å²) >= 11 is 0. The fourth-order valence-corrected chi connectivity index (χ4v) is 7.86. The van der Waals surface area contributed by atoms with Gasteiger partial charge in [0.2, 0.25) is 0 Å². The number of para-hydroxylation sites is 6. The lowest BCUT2D eigenvalue weighted by Gasteiger charge is -2.28. The van der Waals surface area contributed by atoms with Crippen molar-refractivity contribution in [2.24, 2.45) is 0 Å². The van der Waals surface area contributed by atoms with Gasteiger partial charge >= 0.3 is 0 Å². The highest BCUT2D eigenvalue weighted by Gasteiger charge is 2.31. The standard InChI is InChI=1S/C48H34N4/c1-5-16-34(17-6-1)46-40-31-30-33-28-29-35(48-49-42-25-13-14-26-43(42)52(48)38-22-11-4-12-23-38)32-41(33)45(40)39-24-15-27-44(47(39)50-46)51(36-18-7-2-8-19-36)37-20-9-3-10-21-37/h1-32,48-49H. The van der Waals surface area contributed by atoms with Crippen LogP contribution in [-0.4, -0.2) is 4.98 Å². The van der Waals surface area contributed by atoms with Crippen molar-refractivity contribution >= 4 is 66.6 Å². The number of hydrogen-bond donors (Lipinski definition) is 1. The van der Waals surface area contributed by atoms with Gasteiger partial charge in [0.25, 0.3) is 0 Å². The Bertz CT molecular complexity index is 2670. The predicted octanol–water partition coefficient (Wildman–Crippen LogP) is 12.9. The van der Waals surface area contributed by atoms with Gasteiger partial charge in [0.1, 0.15) is 6.17 Å². The average molecular weight is 667 g/mol. The smallest absolute Gasteiger partial charge is 0.130 e. The molecule has 1 atom stereocenters. The zero-order chi connectivity index (χ0) is 34.4. The van der Waals surface area contributed by atoms with E-state index in [1.165, 1.54) is 27.4 Å². The van der Waals surface area contributed by atoms with Crippen molar-refractivity contribution in [1.82, 2.24) is 4.98 Å². The van der Waals surface area contributed by atoms with E-state index in [1.54, 1.807) is 0 Å². The van der Waals surface area contributed by atoms with Crippen molar-refractivity contribution in [2.75, 3.05) is 15.1 Å². The van der Waals surface area contributed by atoms with Gasteiger partial charge in [-0.15, -0.1) is 0 Å². The lowest BCUT2D eigenvalue weighted by atomic mass is 9.93. The highest BCUT2D eigenvalue weighted by atomic mass is 15.3. The SMILES string of the molecule is c1ccc(-c2nc3c(N(c4ccccc4)c4ccccc4)cccc3c3c2ccc2ccc(C4Nc5ccccc5N4c4ccccc4)cc23)cc1. The van der Waals surface area contributed by atoms with Gasteiger partial charge < -0.3 is 15.1 Å². The molecule has 0 aliphatic carbocycles. The summed E-state index contributed by atoms with van der Waals surface area (Å²) in [6.45, 7) is 0. The number of nitrogens with one attached hydrogen (secondary N) is 1. The minimum absolute atomic E-state index is 0.0802. The second-order valence-corrected chi connectivity index (χ2v) is 13.2. The Morgan fingerprint density at radius 3 is 1.88 bits per heavy atom. The summed E-state index contributed by atoms with van der Waals surface area (Å²) < 4.78 is 0. The number of aromatic nitrogens is 1. The van der Waals surface area contributed by atoms with Crippen LogP contribution < -0.4 is 15.1 Å². The van der Waals surface area contributed by atoms with Gasteiger partial charge in [0, 0.05) is 38.8 Å². The van der Waals surface area contributed by atoms with Gasteiger partial charge in [-0.3, -0.25) is 0 Å². The van der Waals surface area contributed by atoms with Crippen molar-refractivity contribution in [3.05, 3.63) is 200 Å². The van der Waals surface area contributed by atoms with E-state index in [-0.39, 0.29) is 6.17 Å². The first-order valence-corrected chi connectivity index (χ1v) is 17.8. The summed E-state index contributed by atoms with van der Waals surface area (Å²) in [5.41, 5.74) is 10.9. The van der Waals surface area contributed by atoms with Crippen molar-refractivity contribution in [3.8, 4) is 11.3 Å². The molecule has 4 heteroatoms. The summed E-state index contributed by atoms with van der Waals surface area (Å²) in [7, 11) is 0. The molecule has 1 aliphatic rings. The van der Waals surface area contributed by atoms with Crippen LogP contribution in [0.25, 0.3) is 43.7 Å². The summed E-state index contributed by atoms with van der Waals surface area (Å²) in [5, 5.41) is 9.70.